The van der Waals surface area contributed by atoms with Gasteiger partial charge in [-0.05, 0) is 24.3 Å². The number of benzene rings is 1. The number of hydrogen-bond donors (Lipinski definition) is 3. The van der Waals surface area contributed by atoms with E-state index >= 15 is 0 Å². The third kappa shape index (κ3) is 1.88. The van der Waals surface area contributed by atoms with Crippen molar-refractivity contribution in [1.82, 2.24) is 19.7 Å². The van der Waals surface area contributed by atoms with Crippen LogP contribution in [-0.2, 0) is 7.05 Å². The molecule has 1 aromatic carbocycles. The molecule has 0 spiro atoms. The maximum absolute atomic E-state index is 9.91. The average Bonchev–Trinajstić information content (AvgIpc) is 3.02. The van der Waals surface area contributed by atoms with Gasteiger partial charge in [0.25, 0.3) is 0 Å². The Morgan fingerprint density at radius 1 is 1.36 bits per heavy atom. The van der Waals surface area contributed by atoms with Gasteiger partial charge in [0.15, 0.2) is 5.82 Å². The van der Waals surface area contributed by atoms with Crippen LogP contribution in [0.3, 0.4) is 0 Å². The molecule has 7 heteroatoms. The minimum atomic E-state index is 0.168. The van der Waals surface area contributed by atoms with E-state index in [1.54, 1.807) is 18.5 Å². The number of H-pyrrole nitrogens is 1. The first-order valence-corrected chi connectivity index (χ1v) is 7.05. The number of anilines is 2. The number of rotatable bonds is 2. The van der Waals surface area contributed by atoms with Gasteiger partial charge in [-0.1, -0.05) is 11.6 Å². The second-order valence-corrected chi connectivity index (χ2v) is 5.48. The van der Waals surface area contributed by atoms with Gasteiger partial charge in [0.2, 0.25) is 0 Å². The standard InChI is InChI=1S/C15H12ClN5O/c1-21-7-12(22)13-9(16)5-8(6-11(13)21)18-15-14-10(19-20-15)3-2-4-17-14/h2-7,22H,1H3,(H2,18,19,20). The van der Waals surface area contributed by atoms with Gasteiger partial charge in [0.05, 0.1) is 21.4 Å². The van der Waals surface area contributed by atoms with Crippen molar-refractivity contribution >= 4 is 45.0 Å². The van der Waals surface area contributed by atoms with Crippen LogP contribution >= 0.6 is 11.6 Å². The van der Waals surface area contributed by atoms with Crippen molar-refractivity contribution in [3.05, 3.63) is 41.7 Å². The van der Waals surface area contributed by atoms with Crippen LogP contribution in [0.15, 0.2) is 36.7 Å². The number of aromatic nitrogens is 4. The van der Waals surface area contributed by atoms with E-state index in [0.717, 1.165) is 22.2 Å². The molecule has 4 rings (SSSR count). The molecule has 0 radical (unpaired) electrons. The molecular weight excluding hydrogens is 302 g/mol. The zero-order valence-corrected chi connectivity index (χ0v) is 12.4. The fraction of sp³-hybridized carbons (Fsp3) is 0.0667. The monoisotopic (exact) mass is 313 g/mol. The molecule has 0 aliphatic carbocycles. The number of nitrogens with zero attached hydrogens (tertiary/aromatic N) is 3. The van der Waals surface area contributed by atoms with Crippen molar-refractivity contribution in [2.75, 3.05) is 5.32 Å². The molecule has 0 saturated heterocycles. The van der Waals surface area contributed by atoms with E-state index in [-0.39, 0.29) is 5.75 Å². The lowest BCUT2D eigenvalue weighted by Gasteiger charge is -2.06. The Bertz CT molecular complexity index is 1000. The summed E-state index contributed by atoms with van der Waals surface area (Å²) in [4.78, 5) is 4.31. The van der Waals surface area contributed by atoms with Gasteiger partial charge in [-0.2, -0.15) is 5.10 Å². The molecule has 0 bridgehead atoms. The summed E-state index contributed by atoms with van der Waals surface area (Å²) in [6, 6.07) is 7.42. The summed E-state index contributed by atoms with van der Waals surface area (Å²) in [7, 11) is 1.85. The lowest BCUT2D eigenvalue weighted by molar-refractivity contribution is 0.479. The van der Waals surface area contributed by atoms with E-state index < -0.39 is 0 Å². The Labute approximate surface area is 130 Å². The summed E-state index contributed by atoms with van der Waals surface area (Å²) < 4.78 is 1.82. The summed E-state index contributed by atoms with van der Waals surface area (Å²) >= 11 is 6.28. The number of pyridine rings is 1. The SMILES string of the molecule is Cn1cc(O)c2c(Cl)cc(Nc3n[nH]c4cccnc34)cc21. The molecule has 0 unspecified atom stereocenters. The molecule has 6 nitrogen and oxygen atoms in total. The molecule has 4 aromatic rings. The predicted octanol–water partition coefficient (Wildman–Crippen LogP) is 3.55. The Hall–Kier alpha value is -2.73. The van der Waals surface area contributed by atoms with Crippen LogP contribution in [-0.4, -0.2) is 24.9 Å². The highest BCUT2D eigenvalue weighted by molar-refractivity contribution is 6.36. The molecule has 0 amide bonds. The summed E-state index contributed by atoms with van der Waals surface area (Å²) in [5.74, 6) is 0.797. The molecule has 0 aliphatic heterocycles. The van der Waals surface area contributed by atoms with Gasteiger partial charge >= 0.3 is 0 Å². The van der Waals surface area contributed by atoms with E-state index in [2.05, 4.69) is 20.5 Å². The summed E-state index contributed by atoms with van der Waals surface area (Å²) in [6.45, 7) is 0. The molecule has 0 aliphatic rings. The van der Waals surface area contributed by atoms with Gasteiger partial charge in [-0.25, -0.2) is 0 Å². The van der Waals surface area contributed by atoms with Crippen LogP contribution in [0.25, 0.3) is 21.9 Å². The maximum Gasteiger partial charge on any atom is 0.178 e. The minimum Gasteiger partial charge on any atom is -0.506 e. The number of aromatic amines is 1. The number of nitrogens with one attached hydrogen (secondary N) is 2. The maximum atomic E-state index is 9.91. The van der Waals surface area contributed by atoms with Gasteiger partial charge in [-0.15, -0.1) is 0 Å². The van der Waals surface area contributed by atoms with Crippen molar-refractivity contribution in [2.24, 2.45) is 7.05 Å². The number of aryl methyl sites for hydroxylation is 1. The second kappa shape index (κ2) is 4.64. The zero-order valence-electron chi connectivity index (χ0n) is 11.6. The van der Waals surface area contributed by atoms with Crippen molar-refractivity contribution in [1.29, 1.82) is 0 Å². The first-order chi connectivity index (χ1) is 10.6. The van der Waals surface area contributed by atoms with Crippen molar-refractivity contribution < 1.29 is 5.11 Å². The molecule has 3 heterocycles. The Kier molecular flexibility index (Phi) is 2.74. The molecule has 22 heavy (non-hydrogen) atoms. The fourth-order valence-electron chi connectivity index (χ4n) is 2.59. The van der Waals surface area contributed by atoms with Crippen LogP contribution in [0.4, 0.5) is 11.5 Å². The number of aromatic hydroxyl groups is 1. The van der Waals surface area contributed by atoms with Crippen molar-refractivity contribution in [3.63, 3.8) is 0 Å². The fourth-order valence-corrected chi connectivity index (χ4v) is 2.90. The number of fused-ring (bicyclic) bond motifs is 2. The molecular formula is C15H12ClN5O. The van der Waals surface area contributed by atoms with E-state index in [1.807, 2.05) is 29.8 Å². The van der Waals surface area contributed by atoms with Crippen LogP contribution in [0.1, 0.15) is 0 Å². The number of hydrogen-bond acceptors (Lipinski definition) is 4. The van der Waals surface area contributed by atoms with Crippen LogP contribution in [0.2, 0.25) is 5.02 Å². The van der Waals surface area contributed by atoms with E-state index in [9.17, 15) is 5.11 Å². The molecule has 0 fully saturated rings. The Morgan fingerprint density at radius 2 is 2.23 bits per heavy atom. The summed E-state index contributed by atoms with van der Waals surface area (Å²) in [5, 5.41) is 21.4. The average molecular weight is 314 g/mol. The third-order valence-electron chi connectivity index (χ3n) is 3.60. The Balaban J connectivity index is 1.83. The molecule has 0 saturated carbocycles. The van der Waals surface area contributed by atoms with Gasteiger partial charge < -0.3 is 15.0 Å². The highest BCUT2D eigenvalue weighted by Gasteiger charge is 2.13. The molecule has 0 atom stereocenters. The van der Waals surface area contributed by atoms with Crippen molar-refractivity contribution in [3.8, 4) is 5.75 Å². The molecule has 3 aromatic heterocycles. The minimum absolute atomic E-state index is 0.168. The third-order valence-corrected chi connectivity index (χ3v) is 3.90. The lowest BCUT2D eigenvalue weighted by Crippen LogP contribution is -1.93. The lowest BCUT2D eigenvalue weighted by atomic mass is 10.2. The van der Waals surface area contributed by atoms with Gasteiger partial charge in [0.1, 0.15) is 11.3 Å². The Morgan fingerprint density at radius 3 is 3.09 bits per heavy atom. The number of halogens is 1. The topological polar surface area (TPSA) is 78.8 Å². The van der Waals surface area contributed by atoms with Crippen molar-refractivity contribution in [2.45, 2.75) is 0 Å². The first-order valence-electron chi connectivity index (χ1n) is 6.67. The first kappa shape index (κ1) is 13.0. The van der Waals surface area contributed by atoms with E-state index in [1.165, 1.54) is 0 Å². The van der Waals surface area contributed by atoms with Crippen LogP contribution in [0, 0.1) is 0 Å². The summed E-state index contributed by atoms with van der Waals surface area (Å²) in [5.41, 5.74) is 3.22. The largest absolute Gasteiger partial charge is 0.506 e. The normalized spacial score (nSPS) is 11.4. The van der Waals surface area contributed by atoms with Gasteiger partial charge in [0, 0.05) is 25.1 Å². The van der Waals surface area contributed by atoms with E-state index in [0.29, 0.717) is 16.2 Å². The van der Waals surface area contributed by atoms with Crippen LogP contribution < -0.4 is 5.32 Å². The highest BCUT2D eigenvalue weighted by Crippen LogP contribution is 2.36. The summed E-state index contributed by atoms with van der Waals surface area (Å²) in [6.07, 6.45) is 3.35. The van der Waals surface area contributed by atoms with Crippen LogP contribution in [0.5, 0.6) is 5.75 Å². The second-order valence-electron chi connectivity index (χ2n) is 5.07. The molecule has 3 N–H and O–H groups in total. The van der Waals surface area contributed by atoms with Gasteiger partial charge in [-0.3, -0.25) is 10.1 Å². The smallest absolute Gasteiger partial charge is 0.178 e. The highest BCUT2D eigenvalue weighted by atomic mass is 35.5. The quantitative estimate of drug-likeness (QED) is 0.529. The predicted molar refractivity (Wildman–Crippen MR) is 86.8 cm³/mol. The molecule has 110 valence electrons. The zero-order chi connectivity index (χ0) is 15.3. The van der Waals surface area contributed by atoms with E-state index in [4.69, 9.17) is 11.6 Å².